The fraction of sp³-hybridized carbons (Fsp3) is 0.125. The summed E-state index contributed by atoms with van der Waals surface area (Å²) in [6.07, 6.45) is 1.54. The van der Waals surface area contributed by atoms with E-state index in [2.05, 4.69) is 15.8 Å². The number of aryl methyl sites for hydroxylation is 1. The Bertz CT molecular complexity index is 1060. The van der Waals surface area contributed by atoms with Gasteiger partial charge >= 0.3 is 0 Å². The summed E-state index contributed by atoms with van der Waals surface area (Å²) in [7, 11) is 1.58. The first-order valence-corrected chi connectivity index (χ1v) is 9.61. The Morgan fingerprint density at radius 3 is 2.29 bits per heavy atom. The Morgan fingerprint density at radius 2 is 1.61 bits per heavy atom. The summed E-state index contributed by atoms with van der Waals surface area (Å²) in [5, 5.41) is 6.73. The Balaban J connectivity index is 1.46. The van der Waals surface area contributed by atoms with Crippen LogP contribution >= 0.6 is 0 Å². The van der Waals surface area contributed by atoms with E-state index in [1.54, 1.807) is 61.7 Å². The third-order valence-electron chi connectivity index (χ3n) is 4.39. The minimum Gasteiger partial charge on any atom is -0.497 e. The molecule has 7 heteroatoms. The van der Waals surface area contributed by atoms with Crippen LogP contribution in [-0.4, -0.2) is 31.7 Å². The lowest BCUT2D eigenvalue weighted by molar-refractivity contribution is -0.118. The minimum absolute atomic E-state index is 0.119. The van der Waals surface area contributed by atoms with Crippen molar-refractivity contribution in [3.63, 3.8) is 0 Å². The molecule has 0 saturated carbocycles. The van der Waals surface area contributed by atoms with Gasteiger partial charge in [-0.05, 0) is 72.6 Å². The van der Waals surface area contributed by atoms with Crippen LogP contribution in [0.25, 0.3) is 0 Å². The summed E-state index contributed by atoms with van der Waals surface area (Å²) >= 11 is 0. The molecule has 0 bridgehead atoms. The Morgan fingerprint density at radius 1 is 0.935 bits per heavy atom. The van der Waals surface area contributed by atoms with E-state index in [1.807, 2.05) is 25.1 Å². The molecule has 0 aliphatic rings. The van der Waals surface area contributed by atoms with E-state index in [0.717, 1.165) is 11.1 Å². The number of nitrogens with zero attached hydrogens (tertiary/aromatic N) is 1. The summed E-state index contributed by atoms with van der Waals surface area (Å²) in [5.41, 5.74) is 5.41. The van der Waals surface area contributed by atoms with Gasteiger partial charge in [0.2, 0.25) is 0 Å². The summed E-state index contributed by atoms with van der Waals surface area (Å²) in [5.74, 6) is 0.727. The summed E-state index contributed by atoms with van der Waals surface area (Å²) in [4.78, 5) is 24.2. The van der Waals surface area contributed by atoms with Crippen LogP contribution in [0.15, 0.2) is 77.9 Å². The van der Waals surface area contributed by atoms with Crippen molar-refractivity contribution in [2.24, 2.45) is 5.10 Å². The molecule has 0 atom stereocenters. The summed E-state index contributed by atoms with van der Waals surface area (Å²) < 4.78 is 10.6. The fourth-order valence-electron chi connectivity index (χ4n) is 2.72. The van der Waals surface area contributed by atoms with E-state index < -0.39 is 0 Å². The second-order valence-electron chi connectivity index (χ2n) is 6.65. The van der Waals surface area contributed by atoms with E-state index >= 15 is 0 Å². The molecule has 7 nitrogen and oxygen atoms in total. The molecule has 0 fully saturated rings. The van der Waals surface area contributed by atoms with Gasteiger partial charge in [-0.15, -0.1) is 0 Å². The first-order valence-electron chi connectivity index (χ1n) is 9.61. The second kappa shape index (κ2) is 10.6. The van der Waals surface area contributed by atoms with Gasteiger partial charge < -0.3 is 14.8 Å². The van der Waals surface area contributed by atoms with Crippen molar-refractivity contribution in [1.82, 2.24) is 5.43 Å². The first kappa shape index (κ1) is 21.6. The first-order chi connectivity index (χ1) is 15.0. The molecule has 2 N–H and O–H groups in total. The summed E-state index contributed by atoms with van der Waals surface area (Å²) in [6.45, 7) is 1.75. The van der Waals surface area contributed by atoms with Gasteiger partial charge in [0.25, 0.3) is 11.8 Å². The molecular weight excluding hydrogens is 394 g/mol. The third kappa shape index (κ3) is 6.43. The molecule has 2 amide bonds. The van der Waals surface area contributed by atoms with Crippen LogP contribution < -0.4 is 20.2 Å². The highest BCUT2D eigenvalue weighted by atomic mass is 16.5. The normalized spacial score (nSPS) is 10.5. The number of hydrogen-bond donors (Lipinski definition) is 2. The van der Waals surface area contributed by atoms with Gasteiger partial charge in [-0.2, -0.15) is 5.10 Å². The van der Waals surface area contributed by atoms with Crippen LogP contribution in [0.4, 0.5) is 5.69 Å². The van der Waals surface area contributed by atoms with Crippen molar-refractivity contribution in [2.75, 3.05) is 19.0 Å². The minimum atomic E-state index is -0.269. The topological polar surface area (TPSA) is 89.0 Å². The average Bonchev–Trinajstić information content (AvgIpc) is 2.79. The predicted octanol–water partition coefficient (Wildman–Crippen LogP) is 3.79. The Labute approximate surface area is 180 Å². The maximum Gasteiger partial charge on any atom is 0.271 e. The SMILES string of the molecule is COc1ccc(NC(=O)COc2ccc(/C=N\NC(=O)c3ccccc3C)cc2)cc1. The molecule has 3 aromatic carbocycles. The number of rotatable bonds is 8. The molecule has 0 saturated heterocycles. The van der Waals surface area contributed by atoms with Crippen molar-refractivity contribution >= 4 is 23.7 Å². The van der Waals surface area contributed by atoms with Gasteiger partial charge in [0.1, 0.15) is 11.5 Å². The molecular formula is C24H23N3O4. The van der Waals surface area contributed by atoms with Gasteiger partial charge in [-0.1, -0.05) is 18.2 Å². The molecule has 0 spiro atoms. The van der Waals surface area contributed by atoms with Gasteiger partial charge in [0.15, 0.2) is 6.61 Å². The van der Waals surface area contributed by atoms with Crippen LogP contribution in [0.3, 0.4) is 0 Å². The van der Waals surface area contributed by atoms with Gasteiger partial charge in [0, 0.05) is 11.3 Å². The Hall–Kier alpha value is -4.13. The van der Waals surface area contributed by atoms with Gasteiger partial charge in [0.05, 0.1) is 13.3 Å². The average molecular weight is 417 g/mol. The fourth-order valence-corrected chi connectivity index (χ4v) is 2.72. The second-order valence-corrected chi connectivity index (χ2v) is 6.65. The maximum atomic E-state index is 12.1. The van der Waals surface area contributed by atoms with E-state index in [9.17, 15) is 9.59 Å². The Kier molecular flexibility index (Phi) is 7.37. The van der Waals surface area contributed by atoms with E-state index in [1.165, 1.54) is 6.21 Å². The summed E-state index contributed by atoms with van der Waals surface area (Å²) in [6, 6.07) is 21.3. The van der Waals surface area contributed by atoms with Gasteiger partial charge in [-0.3, -0.25) is 9.59 Å². The zero-order valence-electron chi connectivity index (χ0n) is 17.3. The monoisotopic (exact) mass is 417 g/mol. The van der Waals surface area contributed by atoms with Crippen LogP contribution in [0.1, 0.15) is 21.5 Å². The van der Waals surface area contributed by atoms with Crippen molar-refractivity contribution in [1.29, 1.82) is 0 Å². The number of hydrazone groups is 1. The number of benzene rings is 3. The molecule has 0 radical (unpaired) electrons. The molecule has 0 aliphatic carbocycles. The molecule has 3 aromatic rings. The quantitative estimate of drug-likeness (QED) is 0.431. The molecule has 0 aromatic heterocycles. The lowest BCUT2D eigenvalue weighted by atomic mass is 10.1. The van der Waals surface area contributed by atoms with E-state index in [-0.39, 0.29) is 18.4 Å². The highest BCUT2D eigenvalue weighted by Crippen LogP contribution is 2.15. The van der Waals surface area contributed by atoms with Crippen LogP contribution in [-0.2, 0) is 4.79 Å². The van der Waals surface area contributed by atoms with Crippen molar-refractivity contribution < 1.29 is 19.1 Å². The standard InChI is InChI=1S/C24H23N3O4/c1-17-5-3-4-6-22(17)24(29)27-25-15-18-7-11-21(12-8-18)31-16-23(28)26-19-9-13-20(30-2)14-10-19/h3-15H,16H2,1-2H3,(H,26,28)(H,27,29)/b25-15-. The number of nitrogens with one attached hydrogen (secondary N) is 2. The largest absolute Gasteiger partial charge is 0.497 e. The molecule has 158 valence electrons. The number of hydrogen-bond acceptors (Lipinski definition) is 5. The number of ether oxygens (including phenoxy) is 2. The number of amides is 2. The smallest absolute Gasteiger partial charge is 0.271 e. The number of anilines is 1. The zero-order chi connectivity index (χ0) is 22.1. The van der Waals surface area contributed by atoms with Crippen molar-refractivity contribution in [3.8, 4) is 11.5 Å². The number of methoxy groups -OCH3 is 1. The predicted molar refractivity (Wildman–Crippen MR) is 120 cm³/mol. The van der Waals surface area contributed by atoms with Crippen LogP contribution in [0.5, 0.6) is 11.5 Å². The van der Waals surface area contributed by atoms with Gasteiger partial charge in [-0.25, -0.2) is 5.43 Å². The zero-order valence-corrected chi connectivity index (χ0v) is 17.3. The lowest BCUT2D eigenvalue weighted by Crippen LogP contribution is -2.20. The van der Waals surface area contributed by atoms with Crippen molar-refractivity contribution in [3.05, 3.63) is 89.5 Å². The van der Waals surface area contributed by atoms with E-state index in [0.29, 0.717) is 22.7 Å². The van der Waals surface area contributed by atoms with Crippen LogP contribution in [0.2, 0.25) is 0 Å². The molecule has 0 heterocycles. The maximum absolute atomic E-state index is 12.1. The van der Waals surface area contributed by atoms with E-state index in [4.69, 9.17) is 9.47 Å². The number of carbonyl (C=O) groups excluding carboxylic acids is 2. The van der Waals surface area contributed by atoms with Crippen molar-refractivity contribution in [2.45, 2.75) is 6.92 Å². The molecule has 3 rings (SSSR count). The molecule has 31 heavy (non-hydrogen) atoms. The third-order valence-corrected chi connectivity index (χ3v) is 4.39. The lowest BCUT2D eigenvalue weighted by Gasteiger charge is -2.08. The highest BCUT2D eigenvalue weighted by Gasteiger charge is 2.06. The number of carbonyl (C=O) groups is 2. The molecule has 0 unspecified atom stereocenters. The van der Waals surface area contributed by atoms with Crippen LogP contribution in [0, 0.1) is 6.92 Å². The molecule has 0 aliphatic heterocycles. The highest BCUT2D eigenvalue weighted by molar-refractivity contribution is 5.96.